The van der Waals surface area contributed by atoms with Crippen molar-refractivity contribution in [2.45, 2.75) is 13.0 Å². The zero-order chi connectivity index (χ0) is 7.40. The zero-order valence-corrected chi connectivity index (χ0v) is 6.45. The molecule has 0 aromatic carbocycles. The van der Waals surface area contributed by atoms with Crippen molar-refractivity contribution in [3.05, 3.63) is 0 Å². The fourth-order valence-corrected chi connectivity index (χ4v) is 1.18. The van der Waals surface area contributed by atoms with Crippen LogP contribution in [0.4, 0.5) is 0 Å². The molecule has 10 heavy (non-hydrogen) atoms. The highest BCUT2D eigenvalue weighted by Crippen LogP contribution is 1.99. The van der Waals surface area contributed by atoms with Gasteiger partial charge in [0.2, 0.25) is 0 Å². The van der Waals surface area contributed by atoms with E-state index in [0.717, 1.165) is 26.2 Å². The summed E-state index contributed by atoms with van der Waals surface area (Å²) in [4.78, 5) is 2.27. The van der Waals surface area contributed by atoms with Crippen LogP contribution in [-0.2, 0) is 0 Å². The second kappa shape index (κ2) is 3.91. The van der Waals surface area contributed by atoms with Crippen LogP contribution in [0.25, 0.3) is 0 Å². The molecule has 1 saturated heterocycles. The van der Waals surface area contributed by atoms with Gasteiger partial charge in [-0.05, 0) is 6.92 Å². The maximum Gasteiger partial charge on any atom is 0.0584 e. The van der Waals surface area contributed by atoms with Gasteiger partial charge in [-0.3, -0.25) is 4.90 Å². The molecule has 1 rings (SSSR count). The summed E-state index contributed by atoms with van der Waals surface area (Å²) in [5.74, 6) is 0. The summed E-state index contributed by atoms with van der Waals surface area (Å²) in [6, 6.07) is 0.315. The largest absolute Gasteiger partial charge is 0.395 e. The van der Waals surface area contributed by atoms with Gasteiger partial charge in [0.1, 0.15) is 0 Å². The molecule has 3 heteroatoms. The Balaban J connectivity index is 2.24. The van der Waals surface area contributed by atoms with Gasteiger partial charge in [0.25, 0.3) is 0 Å². The van der Waals surface area contributed by atoms with Crippen molar-refractivity contribution in [3.8, 4) is 0 Å². The average molecular weight is 143 g/mol. The Labute approximate surface area is 62.0 Å². The summed E-state index contributed by atoms with van der Waals surface area (Å²) in [6.45, 7) is 6.21. The highest BCUT2D eigenvalue weighted by atomic mass is 16.3. The van der Waals surface area contributed by atoms with Crippen LogP contribution in [0.3, 0.4) is 0 Å². The molecule has 1 unspecified atom stereocenters. The summed E-state index contributed by atoms with van der Waals surface area (Å²) in [5, 5.41) is 13.0. The fourth-order valence-electron chi connectivity index (χ4n) is 1.18. The topological polar surface area (TPSA) is 37.6 Å². The summed E-state index contributed by atoms with van der Waals surface area (Å²) < 4.78 is 0. The summed E-state index contributed by atoms with van der Waals surface area (Å²) in [5.41, 5.74) is 0. The third-order valence-corrected chi connectivity index (χ3v) is 1.98. The molecular formula is C7H15N2O. The van der Waals surface area contributed by atoms with E-state index in [1.807, 2.05) is 6.92 Å². The first-order chi connectivity index (χ1) is 4.84. The molecule has 1 radical (unpaired) electrons. The summed E-state index contributed by atoms with van der Waals surface area (Å²) >= 11 is 0. The van der Waals surface area contributed by atoms with Crippen molar-refractivity contribution >= 4 is 0 Å². The SMILES string of the molecule is CC(CO)N1CC[N]CC1. The van der Waals surface area contributed by atoms with E-state index in [4.69, 9.17) is 5.11 Å². The molecule has 0 spiro atoms. The van der Waals surface area contributed by atoms with Gasteiger partial charge in [-0.2, -0.15) is 0 Å². The lowest BCUT2D eigenvalue weighted by Crippen LogP contribution is -2.46. The smallest absolute Gasteiger partial charge is 0.0584 e. The average Bonchev–Trinajstić information content (AvgIpc) is 2.05. The Bertz CT molecular complexity index is 91.6. The quantitative estimate of drug-likeness (QED) is 0.554. The Morgan fingerprint density at radius 2 is 2.10 bits per heavy atom. The number of hydrogen-bond acceptors (Lipinski definition) is 2. The van der Waals surface area contributed by atoms with E-state index in [-0.39, 0.29) is 6.61 Å². The molecular weight excluding hydrogens is 128 g/mol. The Kier molecular flexibility index (Phi) is 3.12. The number of piperazine rings is 1. The van der Waals surface area contributed by atoms with Gasteiger partial charge >= 0.3 is 0 Å². The molecule has 0 aromatic heterocycles. The van der Waals surface area contributed by atoms with Crippen LogP contribution in [0.15, 0.2) is 0 Å². The normalized spacial score (nSPS) is 24.6. The van der Waals surface area contributed by atoms with Gasteiger partial charge in [0, 0.05) is 32.2 Å². The minimum Gasteiger partial charge on any atom is -0.395 e. The lowest BCUT2D eigenvalue weighted by molar-refractivity contribution is 0.121. The third kappa shape index (κ3) is 1.94. The van der Waals surface area contributed by atoms with Crippen molar-refractivity contribution in [2.24, 2.45) is 0 Å². The number of nitrogens with zero attached hydrogens (tertiary/aromatic N) is 2. The van der Waals surface area contributed by atoms with E-state index < -0.39 is 0 Å². The maximum absolute atomic E-state index is 8.81. The lowest BCUT2D eigenvalue weighted by Gasteiger charge is -2.30. The predicted molar refractivity (Wildman–Crippen MR) is 40.0 cm³/mol. The highest BCUT2D eigenvalue weighted by molar-refractivity contribution is 4.72. The molecule has 0 amide bonds. The predicted octanol–water partition coefficient (Wildman–Crippen LogP) is -0.713. The van der Waals surface area contributed by atoms with Crippen molar-refractivity contribution in [1.29, 1.82) is 0 Å². The van der Waals surface area contributed by atoms with Crippen LogP contribution in [0, 0.1) is 0 Å². The van der Waals surface area contributed by atoms with Crippen molar-refractivity contribution in [1.82, 2.24) is 10.2 Å². The summed E-state index contributed by atoms with van der Waals surface area (Å²) in [6.07, 6.45) is 0. The number of hydrogen-bond donors (Lipinski definition) is 1. The maximum atomic E-state index is 8.81. The number of aliphatic hydroxyl groups is 1. The van der Waals surface area contributed by atoms with Crippen LogP contribution in [0.2, 0.25) is 0 Å². The van der Waals surface area contributed by atoms with Crippen LogP contribution < -0.4 is 5.32 Å². The second-order valence-electron chi connectivity index (χ2n) is 2.74. The van der Waals surface area contributed by atoms with E-state index in [1.54, 1.807) is 0 Å². The van der Waals surface area contributed by atoms with Crippen LogP contribution in [0.5, 0.6) is 0 Å². The minimum atomic E-state index is 0.264. The van der Waals surface area contributed by atoms with E-state index in [0.29, 0.717) is 6.04 Å². The van der Waals surface area contributed by atoms with E-state index in [2.05, 4.69) is 10.2 Å². The molecule has 1 atom stereocenters. The monoisotopic (exact) mass is 143 g/mol. The van der Waals surface area contributed by atoms with Crippen molar-refractivity contribution in [2.75, 3.05) is 32.8 Å². The minimum absolute atomic E-state index is 0.264. The molecule has 3 nitrogen and oxygen atoms in total. The van der Waals surface area contributed by atoms with Gasteiger partial charge in [0.15, 0.2) is 0 Å². The van der Waals surface area contributed by atoms with Crippen molar-refractivity contribution in [3.63, 3.8) is 0 Å². The first-order valence-corrected chi connectivity index (χ1v) is 3.82. The van der Waals surface area contributed by atoms with E-state index >= 15 is 0 Å². The molecule has 0 bridgehead atoms. The molecule has 1 heterocycles. The molecule has 0 aliphatic carbocycles. The molecule has 1 N–H and O–H groups in total. The zero-order valence-electron chi connectivity index (χ0n) is 6.45. The van der Waals surface area contributed by atoms with Crippen LogP contribution in [-0.4, -0.2) is 48.8 Å². The van der Waals surface area contributed by atoms with Gasteiger partial charge in [-0.1, -0.05) is 0 Å². The summed E-state index contributed by atoms with van der Waals surface area (Å²) in [7, 11) is 0. The molecule has 1 aliphatic rings. The molecule has 1 aliphatic heterocycles. The Hall–Kier alpha value is -0.120. The molecule has 1 fully saturated rings. The first kappa shape index (κ1) is 7.98. The molecule has 59 valence electrons. The van der Waals surface area contributed by atoms with E-state index in [9.17, 15) is 0 Å². The Morgan fingerprint density at radius 3 is 2.60 bits per heavy atom. The lowest BCUT2D eigenvalue weighted by atomic mass is 10.2. The van der Waals surface area contributed by atoms with Gasteiger partial charge in [0.05, 0.1) is 6.61 Å². The Morgan fingerprint density at radius 1 is 1.50 bits per heavy atom. The van der Waals surface area contributed by atoms with Crippen LogP contribution in [0.1, 0.15) is 6.92 Å². The molecule has 0 aromatic rings. The number of rotatable bonds is 2. The molecule has 0 saturated carbocycles. The highest BCUT2D eigenvalue weighted by Gasteiger charge is 2.15. The standard InChI is InChI=1S/C7H15N2O/c1-7(6-10)9-4-2-8-3-5-9/h7,10H,2-6H2,1H3. The van der Waals surface area contributed by atoms with Gasteiger partial charge in [-0.15, -0.1) is 0 Å². The van der Waals surface area contributed by atoms with Crippen LogP contribution >= 0.6 is 0 Å². The van der Waals surface area contributed by atoms with Crippen molar-refractivity contribution < 1.29 is 5.11 Å². The van der Waals surface area contributed by atoms with Gasteiger partial charge < -0.3 is 5.11 Å². The van der Waals surface area contributed by atoms with Gasteiger partial charge in [-0.25, -0.2) is 5.32 Å². The first-order valence-electron chi connectivity index (χ1n) is 3.82. The van der Waals surface area contributed by atoms with E-state index in [1.165, 1.54) is 0 Å². The third-order valence-electron chi connectivity index (χ3n) is 1.98. The number of aliphatic hydroxyl groups excluding tert-OH is 1. The fraction of sp³-hybridized carbons (Fsp3) is 1.00. The second-order valence-corrected chi connectivity index (χ2v) is 2.74.